The second-order valence-corrected chi connectivity index (χ2v) is 2.88. The molecule has 0 heterocycles. The van der Waals surface area contributed by atoms with Crippen LogP contribution in [0.4, 0.5) is 0 Å². The lowest BCUT2D eigenvalue weighted by Gasteiger charge is -2.02. The van der Waals surface area contributed by atoms with Gasteiger partial charge in [0.25, 0.3) is 0 Å². The van der Waals surface area contributed by atoms with E-state index in [1.54, 1.807) is 18.2 Å². The molecule has 0 N–H and O–H groups in total. The summed E-state index contributed by atoms with van der Waals surface area (Å²) < 4.78 is 4.92. The molecule has 0 aliphatic rings. The summed E-state index contributed by atoms with van der Waals surface area (Å²) >= 11 is 0. The molecule has 3 heteroatoms. The molecule has 0 aliphatic carbocycles. The van der Waals surface area contributed by atoms with Crippen molar-refractivity contribution in [2.75, 3.05) is 6.61 Å². The van der Waals surface area contributed by atoms with Gasteiger partial charge < -0.3 is 4.74 Å². The molecule has 0 saturated heterocycles. The van der Waals surface area contributed by atoms with Gasteiger partial charge in [-0.2, -0.15) is 0 Å². The van der Waals surface area contributed by atoms with Gasteiger partial charge in [0.2, 0.25) is 0 Å². The standard InChI is InChI=1S/C11H12O3/c1-2-6-14-11(13)10-5-3-4-9(7-10)8-12/h3-5,7-8H,2,6H2,1H3. The summed E-state index contributed by atoms with van der Waals surface area (Å²) in [7, 11) is 0. The van der Waals surface area contributed by atoms with Crippen molar-refractivity contribution < 1.29 is 14.3 Å². The average molecular weight is 192 g/mol. The average Bonchev–Trinajstić information content (AvgIpc) is 2.26. The highest BCUT2D eigenvalue weighted by Gasteiger charge is 2.06. The molecule has 0 spiro atoms. The summed E-state index contributed by atoms with van der Waals surface area (Å²) in [6, 6.07) is 6.45. The van der Waals surface area contributed by atoms with Crippen molar-refractivity contribution in [3.63, 3.8) is 0 Å². The number of carbonyl (C=O) groups excluding carboxylic acids is 2. The summed E-state index contributed by atoms with van der Waals surface area (Å²) in [6.45, 7) is 2.33. The Morgan fingerprint density at radius 1 is 1.50 bits per heavy atom. The van der Waals surface area contributed by atoms with Gasteiger partial charge in [0, 0.05) is 5.56 Å². The van der Waals surface area contributed by atoms with Crippen LogP contribution in [0.25, 0.3) is 0 Å². The van der Waals surface area contributed by atoms with Gasteiger partial charge in [-0.05, 0) is 18.6 Å². The van der Waals surface area contributed by atoms with Gasteiger partial charge in [0.15, 0.2) is 0 Å². The highest BCUT2D eigenvalue weighted by Crippen LogP contribution is 2.05. The molecular formula is C11H12O3. The Morgan fingerprint density at radius 2 is 2.29 bits per heavy atom. The first-order valence-electron chi connectivity index (χ1n) is 4.50. The van der Waals surface area contributed by atoms with Gasteiger partial charge in [-0.15, -0.1) is 0 Å². The van der Waals surface area contributed by atoms with E-state index < -0.39 is 0 Å². The molecular weight excluding hydrogens is 180 g/mol. The molecule has 1 aromatic rings. The van der Waals surface area contributed by atoms with Crippen LogP contribution in [-0.4, -0.2) is 18.9 Å². The van der Waals surface area contributed by atoms with E-state index in [2.05, 4.69) is 0 Å². The van der Waals surface area contributed by atoms with E-state index in [1.165, 1.54) is 6.07 Å². The van der Waals surface area contributed by atoms with E-state index in [9.17, 15) is 9.59 Å². The zero-order chi connectivity index (χ0) is 10.4. The number of carbonyl (C=O) groups is 2. The Bertz CT molecular complexity index is 331. The molecule has 1 rings (SSSR count). The lowest BCUT2D eigenvalue weighted by Crippen LogP contribution is -2.06. The Morgan fingerprint density at radius 3 is 2.93 bits per heavy atom. The Hall–Kier alpha value is -1.64. The van der Waals surface area contributed by atoms with Crippen LogP contribution < -0.4 is 0 Å². The Balaban J connectivity index is 2.74. The summed E-state index contributed by atoms with van der Waals surface area (Å²) in [5.74, 6) is -0.379. The van der Waals surface area contributed by atoms with Crippen molar-refractivity contribution in [2.45, 2.75) is 13.3 Å². The first-order valence-corrected chi connectivity index (χ1v) is 4.50. The molecule has 0 radical (unpaired) electrons. The molecule has 0 unspecified atom stereocenters. The molecule has 74 valence electrons. The van der Waals surface area contributed by atoms with Crippen molar-refractivity contribution in [3.05, 3.63) is 35.4 Å². The third-order valence-electron chi connectivity index (χ3n) is 1.70. The molecule has 14 heavy (non-hydrogen) atoms. The predicted molar refractivity (Wildman–Crippen MR) is 52.4 cm³/mol. The number of aldehydes is 1. The maximum Gasteiger partial charge on any atom is 0.338 e. The van der Waals surface area contributed by atoms with Gasteiger partial charge >= 0.3 is 5.97 Å². The van der Waals surface area contributed by atoms with E-state index in [0.29, 0.717) is 24.0 Å². The number of esters is 1. The number of hydrogen-bond donors (Lipinski definition) is 0. The van der Waals surface area contributed by atoms with E-state index in [1.807, 2.05) is 6.92 Å². The van der Waals surface area contributed by atoms with Gasteiger partial charge in [-0.25, -0.2) is 4.79 Å². The fourth-order valence-corrected chi connectivity index (χ4v) is 1.02. The first-order chi connectivity index (χ1) is 6.77. The largest absolute Gasteiger partial charge is 0.462 e. The second-order valence-electron chi connectivity index (χ2n) is 2.88. The highest BCUT2D eigenvalue weighted by atomic mass is 16.5. The lowest BCUT2D eigenvalue weighted by atomic mass is 10.1. The maximum atomic E-state index is 11.3. The Kier molecular flexibility index (Phi) is 3.85. The van der Waals surface area contributed by atoms with Gasteiger partial charge in [-0.3, -0.25) is 4.79 Å². The first kappa shape index (κ1) is 10.4. The topological polar surface area (TPSA) is 43.4 Å². The van der Waals surface area contributed by atoms with Crippen LogP contribution in [0.3, 0.4) is 0 Å². The van der Waals surface area contributed by atoms with E-state index >= 15 is 0 Å². The SMILES string of the molecule is CCCOC(=O)c1cccc(C=O)c1. The predicted octanol–water partition coefficient (Wildman–Crippen LogP) is 2.07. The van der Waals surface area contributed by atoms with Crippen LogP contribution in [0.1, 0.15) is 34.1 Å². The van der Waals surface area contributed by atoms with Crippen molar-refractivity contribution >= 4 is 12.3 Å². The van der Waals surface area contributed by atoms with Crippen molar-refractivity contribution in [1.29, 1.82) is 0 Å². The molecule has 0 amide bonds. The lowest BCUT2D eigenvalue weighted by molar-refractivity contribution is 0.0505. The molecule has 0 atom stereocenters. The normalized spacial score (nSPS) is 9.50. The van der Waals surface area contributed by atoms with E-state index in [0.717, 1.165) is 6.42 Å². The third-order valence-corrected chi connectivity index (χ3v) is 1.70. The molecule has 0 fully saturated rings. The van der Waals surface area contributed by atoms with Crippen molar-refractivity contribution in [3.8, 4) is 0 Å². The van der Waals surface area contributed by atoms with Gasteiger partial charge in [0.1, 0.15) is 6.29 Å². The molecule has 1 aromatic carbocycles. The van der Waals surface area contributed by atoms with Crippen LogP contribution in [0.5, 0.6) is 0 Å². The quantitative estimate of drug-likeness (QED) is 0.541. The van der Waals surface area contributed by atoms with E-state index in [-0.39, 0.29) is 5.97 Å². The highest BCUT2D eigenvalue weighted by molar-refractivity contribution is 5.91. The zero-order valence-electron chi connectivity index (χ0n) is 8.03. The van der Waals surface area contributed by atoms with Crippen molar-refractivity contribution in [1.82, 2.24) is 0 Å². The third kappa shape index (κ3) is 2.69. The summed E-state index contributed by atoms with van der Waals surface area (Å²) in [5.41, 5.74) is 0.902. The van der Waals surface area contributed by atoms with Crippen LogP contribution in [0.2, 0.25) is 0 Å². The van der Waals surface area contributed by atoms with Crippen LogP contribution >= 0.6 is 0 Å². The maximum absolute atomic E-state index is 11.3. The fourth-order valence-electron chi connectivity index (χ4n) is 1.02. The number of ether oxygens (including phenoxy) is 1. The van der Waals surface area contributed by atoms with Crippen LogP contribution in [-0.2, 0) is 4.74 Å². The van der Waals surface area contributed by atoms with Gasteiger partial charge in [0.05, 0.1) is 12.2 Å². The van der Waals surface area contributed by atoms with Crippen LogP contribution in [0.15, 0.2) is 24.3 Å². The summed E-state index contributed by atoms with van der Waals surface area (Å²) in [6.07, 6.45) is 1.50. The minimum Gasteiger partial charge on any atom is -0.462 e. The van der Waals surface area contributed by atoms with Crippen LogP contribution in [0, 0.1) is 0 Å². The zero-order valence-corrected chi connectivity index (χ0v) is 8.03. The smallest absolute Gasteiger partial charge is 0.338 e. The summed E-state index contributed by atoms with van der Waals surface area (Å²) in [4.78, 5) is 21.8. The van der Waals surface area contributed by atoms with Crippen molar-refractivity contribution in [2.24, 2.45) is 0 Å². The number of rotatable bonds is 4. The Labute approximate surface area is 82.7 Å². The minimum absolute atomic E-state index is 0.379. The monoisotopic (exact) mass is 192 g/mol. The molecule has 0 aliphatic heterocycles. The number of benzene rings is 1. The fraction of sp³-hybridized carbons (Fsp3) is 0.273. The summed E-state index contributed by atoms with van der Waals surface area (Å²) in [5, 5.41) is 0. The van der Waals surface area contributed by atoms with E-state index in [4.69, 9.17) is 4.74 Å². The molecule has 0 saturated carbocycles. The number of hydrogen-bond acceptors (Lipinski definition) is 3. The minimum atomic E-state index is -0.379. The molecule has 0 bridgehead atoms. The second kappa shape index (κ2) is 5.17. The molecule has 3 nitrogen and oxygen atoms in total. The molecule has 0 aromatic heterocycles. The van der Waals surface area contributed by atoms with Gasteiger partial charge in [-0.1, -0.05) is 19.1 Å².